The van der Waals surface area contributed by atoms with Crippen molar-refractivity contribution in [3.05, 3.63) is 70.9 Å². The van der Waals surface area contributed by atoms with Crippen LogP contribution in [0.4, 0.5) is 0 Å². The number of hydrogen-bond acceptors (Lipinski definition) is 2. The number of ether oxygens (including phenoxy) is 1. The number of H-pyrrole nitrogens is 1. The summed E-state index contributed by atoms with van der Waals surface area (Å²) in [6, 6.07) is 15.8. The highest BCUT2D eigenvalue weighted by atomic mass is 16.5. The van der Waals surface area contributed by atoms with Gasteiger partial charge in [0.1, 0.15) is 0 Å². The van der Waals surface area contributed by atoms with Crippen LogP contribution in [-0.2, 0) is 11.3 Å². The van der Waals surface area contributed by atoms with E-state index in [1.54, 1.807) is 0 Å². The standard InChI is InChI=1S/C27H30N2O/c1-3-8-22-17-20(2)26-23(11-14-28-26)24(22)19-29-15-13-27(12-7-16-30-27)18-25(29)21-9-5-4-6-10-21/h4-6,9-11,14,17,25,28H,7,12-13,15-16,18-19H2,1-2H3/t25-,27?/m0/s1. The first-order valence-corrected chi connectivity index (χ1v) is 11.1. The number of rotatable bonds is 3. The molecule has 0 saturated carbocycles. The highest BCUT2D eigenvalue weighted by molar-refractivity contribution is 5.88. The van der Waals surface area contributed by atoms with Crippen LogP contribution < -0.4 is 0 Å². The van der Waals surface area contributed by atoms with Crippen molar-refractivity contribution in [2.24, 2.45) is 0 Å². The summed E-state index contributed by atoms with van der Waals surface area (Å²) < 4.78 is 6.31. The Balaban J connectivity index is 1.54. The number of fused-ring (bicyclic) bond motifs is 1. The molecule has 0 radical (unpaired) electrons. The van der Waals surface area contributed by atoms with Crippen molar-refractivity contribution < 1.29 is 4.74 Å². The molecule has 1 N–H and O–H groups in total. The summed E-state index contributed by atoms with van der Waals surface area (Å²) in [7, 11) is 0. The Morgan fingerprint density at radius 1 is 1.20 bits per heavy atom. The van der Waals surface area contributed by atoms with Gasteiger partial charge >= 0.3 is 0 Å². The predicted octanol–water partition coefficient (Wildman–Crippen LogP) is 5.73. The van der Waals surface area contributed by atoms with Crippen LogP contribution >= 0.6 is 0 Å². The Hall–Kier alpha value is -2.54. The smallest absolute Gasteiger partial charge is 0.0713 e. The minimum atomic E-state index is 0.0692. The van der Waals surface area contributed by atoms with Gasteiger partial charge in [-0.2, -0.15) is 0 Å². The summed E-state index contributed by atoms with van der Waals surface area (Å²) in [5.74, 6) is 6.51. The molecule has 2 fully saturated rings. The fourth-order valence-electron chi connectivity index (χ4n) is 5.48. The number of aromatic nitrogens is 1. The maximum absolute atomic E-state index is 6.31. The molecule has 1 unspecified atom stereocenters. The number of nitrogens with one attached hydrogen (secondary N) is 1. The van der Waals surface area contributed by atoms with Crippen LogP contribution in [0.15, 0.2) is 48.7 Å². The molecule has 0 amide bonds. The summed E-state index contributed by atoms with van der Waals surface area (Å²) in [6.45, 7) is 6.97. The third-order valence-electron chi connectivity index (χ3n) is 7.00. The van der Waals surface area contributed by atoms with Crippen molar-refractivity contribution >= 4 is 10.9 Å². The molecule has 2 atom stereocenters. The fraction of sp³-hybridized carbons (Fsp3) is 0.407. The zero-order valence-corrected chi connectivity index (χ0v) is 18.0. The second kappa shape index (κ2) is 7.95. The molecule has 1 spiro atoms. The summed E-state index contributed by atoms with van der Waals surface area (Å²) >= 11 is 0. The zero-order chi connectivity index (χ0) is 20.6. The number of aryl methyl sites for hydroxylation is 1. The SMILES string of the molecule is CC#Cc1cc(C)c2[nH]ccc2c1CN1CCC2(CCCO2)C[C@H]1c1ccccc1. The van der Waals surface area contributed by atoms with Crippen LogP contribution in [0.2, 0.25) is 0 Å². The first-order chi connectivity index (χ1) is 14.7. The van der Waals surface area contributed by atoms with Crippen LogP contribution in [0.3, 0.4) is 0 Å². The number of benzene rings is 2. The Labute approximate surface area is 179 Å². The lowest BCUT2D eigenvalue weighted by molar-refractivity contribution is -0.0675. The minimum absolute atomic E-state index is 0.0692. The van der Waals surface area contributed by atoms with Crippen LogP contribution in [-0.4, -0.2) is 28.6 Å². The molecule has 3 nitrogen and oxygen atoms in total. The van der Waals surface area contributed by atoms with Gasteiger partial charge in [0.15, 0.2) is 0 Å². The van der Waals surface area contributed by atoms with E-state index >= 15 is 0 Å². The van der Waals surface area contributed by atoms with Crippen molar-refractivity contribution in [2.45, 2.75) is 57.7 Å². The van der Waals surface area contributed by atoms with Gasteiger partial charge < -0.3 is 9.72 Å². The molecular formula is C27H30N2O. The van der Waals surface area contributed by atoms with E-state index in [1.807, 2.05) is 6.92 Å². The molecule has 1 aromatic heterocycles. The maximum Gasteiger partial charge on any atom is 0.0713 e. The van der Waals surface area contributed by atoms with Crippen molar-refractivity contribution in [2.75, 3.05) is 13.2 Å². The first-order valence-electron chi connectivity index (χ1n) is 11.1. The zero-order valence-electron chi connectivity index (χ0n) is 18.0. The second-order valence-electron chi connectivity index (χ2n) is 8.85. The van der Waals surface area contributed by atoms with Crippen LogP contribution in [0.5, 0.6) is 0 Å². The van der Waals surface area contributed by atoms with E-state index in [1.165, 1.54) is 40.4 Å². The van der Waals surface area contributed by atoms with Gasteiger partial charge in [-0.1, -0.05) is 36.3 Å². The molecule has 5 rings (SSSR count). The van der Waals surface area contributed by atoms with E-state index in [2.05, 4.69) is 77.3 Å². The average molecular weight is 399 g/mol. The van der Waals surface area contributed by atoms with Crippen LogP contribution in [0.25, 0.3) is 10.9 Å². The second-order valence-corrected chi connectivity index (χ2v) is 8.85. The molecular weight excluding hydrogens is 368 g/mol. The summed E-state index contributed by atoms with van der Waals surface area (Å²) in [6.07, 6.45) is 6.64. The van der Waals surface area contributed by atoms with Crippen molar-refractivity contribution in [1.29, 1.82) is 0 Å². The Kier molecular flexibility index (Phi) is 5.15. The fourth-order valence-corrected chi connectivity index (χ4v) is 5.48. The van der Waals surface area contributed by atoms with E-state index in [0.717, 1.165) is 38.1 Å². The monoisotopic (exact) mass is 398 g/mol. The van der Waals surface area contributed by atoms with Gasteiger partial charge in [0.25, 0.3) is 0 Å². The van der Waals surface area contributed by atoms with Gasteiger partial charge in [-0.25, -0.2) is 0 Å². The maximum atomic E-state index is 6.31. The van der Waals surface area contributed by atoms with Gasteiger partial charge in [-0.05, 0) is 68.4 Å². The molecule has 3 aromatic rings. The van der Waals surface area contributed by atoms with Crippen molar-refractivity contribution in [3.8, 4) is 11.8 Å². The third kappa shape index (κ3) is 3.45. The topological polar surface area (TPSA) is 28.3 Å². The molecule has 3 heteroatoms. The average Bonchev–Trinajstić information content (AvgIpc) is 3.43. The lowest BCUT2D eigenvalue weighted by atomic mass is 9.81. The van der Waals surface area contributed by atoms with Crippen molar-refractivity contribution in [1.82, 2.24) is 9.88 Å². The summed E-state index contributed by atoms with van der Waals surface area (Å²) in [5.41, 5.74) is 6.46. The number of nitrogens with zero attached hydrogens (tertiary/aromatic N) is 1. The van der Waals surface area contributed by atoms with Gasteiger partial charge in [0.05, 0.1) is 5.60 Å². The number of aromatic amines is 1. The van der Waals surface area contributed by atoms with E-state index in [9.17, 15) is 0 Å². The van der Waals surface area contributed by atoms with Crippen LogP contribution in [0, 0.1) is 18.8 Å². The van der Waals surface area contributed by atoms with Gasteiger partial charge in [0.2, 0.25) is 0 Å². The number of likely N-dealkylation sites (tertiary alicyclic amines) is 1. The first kappa shape index (κ1) is 19.4. The van der Waals surface area contributed by atoms with E-state index < -0.39 is 0 Å². The van der Waals surface area contributed by atoms with E-state index in [-0.39, 0.29) is 5.60 Å². The minimum Gasteiger partial charge on any atom is -0.375 e. The van der Waals surface area contributed by atoms with Gasteiger partial charge in [-0.3, -0.25) is 4.90 Å². The highest BCUT2D eigenvalue weighted by Gasteiger charge is 2.43. The molecule has 0 aliphatic carbocycles. The van der Waals surface area contributed by atoms with E-state index in [0.29, 0.717) is 6.04 Å². The Morgan fingerprint density at radius 2 is 2.07 bits per heavy atom. The molecule has 2 aliphatic rings. The molecule has 30 heavy (non-hydrogen) atoms. The van der Waals surface area contributed by atoms with E-state index in [4.69, 9.17) is 4.74 Å². The lowest BCUT2D eigenvalue weighted by Gasteiger charge is -2.45. The molecule has 3 heterocycles. The molecule has 154 valence electrons. The normalized spacial score (nSPS) is 24.3. The number of piperidine rings is 1. The predicted molar refractivity (Wildman–Crippen MR) is 122 cm³/mol. The summed E-state index contributed by atoms with van der Waals surface area (Å²) in [4.78, 5) is 6.08. The van der Waals surface area contributed by atoms with Gasteiger partial charge in [-0.15, -0.1) is 5.92 Å². The number of hydrogen-bond donors (Lipinski definition) is 1. The molecule has 2 aliphatic heterocycles. The van der Waals surface area contributed by atoms with Gasteiger partial charge in [0, 0.05) is 48.4 Å². The third-order valence-corrected chi connectivity index (χ3v) is 7.00. The molecule has 2 saturated heterocycles. The largest absolute Gasteiger partial charge is 0.375 e. The molecule has 2 aromatic carbocycles. The molecule has 0 bridgehead atoms. The highest BCUT2D eigenvalue weighted by Crippen LogP contribution is 2.44. The van der Waals surface area contributed by atoms with Crippen LogP contribution in [0.1, 0.15) is 60.9 Å². The summed E-state index contributed by atoms with van der Waals surface area (Å²) in [5, 5.41) is 1.30. The van der Waals surface area contributed by atoms with Crippen molar-refractivity contribution in [3.63, 3.8) is 0 Å². The Bertz CT molecular complexity index is 1100. The Morgan fingerprint density at radius 3 is 2.83 bits per heavy atom. The lowest BCUT2D eigenvalue weighted by Crippen LogP contribution is -2.45. The quantitative estimate of drug-likeness (QED) is 0.570.